The standard InChI is InChI=1S/C7H11N3O2/c1-4(2)6-5(3-8-9-6)7(11)10-12/h3-4,12H,1-2H3,(H,8,9)(H,10,11). The summed E-state index contributed by atoms with van der Waals surface area (Å²) in [4.78, 5) is 11.0. The van der Waals surface area contributed by atoms with E-state index < -0.39 is 5.91 Å². The summed E-state index contributed by atoms with van der Waals surface area (Å²) < 4.78 is 0. The van der Waals surface area contributed by atoms with Gasteiger partial charge < -0.3 is 0 Å². The first-order valence-electron chi connectivity index (χ1n) is 3.64. The van der Waals surface area contributed by atoms with Gasteiger partial charge in [0.15, 0.2) is 0 Å². The molecule has 0 aliphatic heterocycles. The summed E-state index contributed by atoms with van der Waals surface area (Å²) in [6.45, 7) is 3.86. The molecular formula is C7H11N3O2. The van der Waals surface area contributed by atoms with Gasteiger partial charge in [0.2, 0.25) is 0 Å². The van der Waals surface area contributed by atoms with Crippen molar-refractivity contribution in [1.82, 2.24) is 15.7 Å². The second-order valence-electron chi connectivity index (χ2n) is 2.79. The number of rotatable bonds is 2. The van der Waals surface area contributed by atoms with Gasteiger partial charge in [0.25, 0.3) is 5.91 Å². The molecule has 1 aromatic heterocycles. The van der Waals surface area contributed by atoms with Gasteiger partial charge in [0.1, 0.15) is 0 Å². The first-order valence-corrected chi connectivity index (χ1v) is 3.64. The minimum atomic E-state index is -0.535. The molecule has 0 radical (unpaired) electrons. The van der Waals surface area contributed by atoms with Crippen LogP contribution in [0.3, 0.4) is 0 Å². The minimum absolute atomic E-state index is 0.180. The third-order valence-electron chi connectivity index (χ3n) is 1.59. The van der Waals surface area contributed by atoms with Crippen LogP contribution in [-0.2, 0) is 0 Å². The SMILES string of the molecule is CC(C)c1[nH]ncc1C(=O)NO. The normalized spacial score (nSPS) is 10.3. The third kappa shape index (κ3) is 1.45. The van der Waals surface area contributed by atoms with Crippen LogP contribution in [0.25, 0.3) is 0 Å². The largest absolute Gasteiger partial charge is 0.288 e. The second kappa shape index (κ2) is 3.36. The van der Waals surface area contributed by atoms with E-state index in [0.29, 0.717) is 5.56 Å². The molecule has 0 saturated heterocycles. The number of hydroxylamine groups is 1. The van der Waals surface area contributed by atoms with Crippen LogP contribution in [0.4, 0.5) is 0 Å². The van der Waals surface area contributed by atoms with E-state index in [9.17, 15) is 4.79 Å². The molecule has 0 bridgehead atoms. The Balaban J connectivity index is 2.99. The molecule has 0 atom stereocenters. The number of nitrogens with one attached hydrogen (secondary N) is 2. The van der Waals surface area contributed by atoms with Crippen molar-refractivity contribution in [1.29, 1.82) is 0 Å². The molecule has 0 aliphatic rings. The molecule has 1 rings (SSSR count). The highest BCUT2D eigenvalue weighted by molar-refractivity contribution is 5.94. The Morgan fingerprint density at radius 2 is 2.42 bits per heavy atom. The number of nitrogens with zero attached hydrogens (tertiary/aromatic N) is 1. The van der Waals surface area contributed by atoms with E-state index in [4.69, 9.17) is 5.21 Å². The van der Waals surface area contributed by atoms with Crippen molar-refractivity contribution in [2.45, 2.75) is 19.8 Å². The number of H-pyrrole nitrogens is 1. The van der Waals surface area contributed by atoms with Gasteiger partial charge in [0.05, 0.1) is 17.5 Å². The number of amides is 1. The van der Waals surface area contributed by atoms with Crippen LogP contribution >= 0.6 is 0 Å². The smallest absolute Gasteiger partial charge is 0.278 e. The van der Waals surface area contributed by atoms with E-state index in [-0.39, 0.29) is 5.92 Å². The third-order valence-corrected chi connectivity index (χ3v) is 1.59. The minimum Gasteiger partial charge on any atom is -0.288 e. The Morgan fingerprint density at radius 3 is 2.92 bits per heavy atom. The summed E-state index contributed by atoms with van der Waals surface area (Å²) in [6, 6.07) is 0. The first-order chi connectivity index (χ1) is 5.66. The number of hydrogen-bond acceptors (Lipinski definition) is 3. The fourth-order valence-electron chi connectivity index (χ4n) is 0.977. The van der Waals surface area contributed by atoms with Crippen molar-refractivity contribution in [2.75, 3.05) is 0 Å². The molecule has 1 amide bonds. The maximum Gasteiger partial charge on any atom is 0.278 e. The monoisotopic (exact) mass is 169 g/mol. The van der Waals surface area contributed by atoms with Gasteiger partial charge in [-0.1, -0.05) is 13.8 Å². The van der Waals surface area contributed by atoms with Crippen molar-refractivity contribution in [3.63, 3.8) is 0 Å². The molecular weight excluding hydrogens is 158 g/mol. The van der Waals surface area contributed by atoms with E-state index in [2.05, 4.69) is 10.2 Å². The Hall–Kier alpha value is -1.36. The topological polar surface area (TPSA) is 78.0 Å². The molecule has 1 aromatic rings. The fourth-order valence-corrected chi connectivity index (χ4v) is 0.977. The maximum atomic E-state index is 11.0. The molecule has 5 nitrogen and oxygen atoms in total. The molecule has 0 unspecified atom stereocenters. The predicted octanol–water partition coefficient (Wildman–Crippen LogP) is 0.652. The van der Waals surface area contributed by atoms with E-state index >= 15 is 0 Å². The van der Waals surface area contributed by atoms with Gasteiger partial charge in [-0.05, 0) is 5.92 Å². The van der Waals surface area contributed by atoms with Crippen molar-refractivity contribution >= 4 is 5.91 Å². The average molecular weight is 169 g/mol. The molecule has 12 heavy (non-hydrogen) atoms. The Bertz CT molecular complexity index is 280. The van der Waals surface area contributed by atoms with Gasteiger partial charge >= 0.3 is 0 Å². The number of aromatic amines is 1. The molecule has 5 heteroatoms. The van der Waals surface area contributed by atoms with Crippen LogP contribution in [0, 0.1) is 0 Å². The van der Waals surface area contributed by atoms with Crippen LogP contribution in [0.1, 0.15) is 35.8 Å². The van der Waals surface area contributed by atoms with Gasteiger partial charge in [-0.25, -0.2) is 5.48 Å². The lowest BCUT2D eigenvalue weighted by atomic mass is 10.1. The molecule has 0 aromatic carbocycles. The van der Waals surface area contributed by atoms with Crippen molar-refractivity contribution < 1.29 is 10.0 Å². The summed E-state index contributed by atoms with van der Waals surface area (Å²) >= 11 is 0. The van der Waals surface area contributed by atoms with Crippen molar-refractivity contribution in [3.05, 3.63) is 17.5 Å². The molecule has 1 heterocycles. The van der Waals surface area contributed by atoms with E-state index in [0.717, 1.165) is 5.69 Å². The van der Waals surface area contributed by atoms with Crippen LogP contribution in [0.15, 0.2) is 6.20 Å². The first kappa shape index (κ1) is 8.73. The summed E-state index contributed by atoms with van der Waals surface area (Å²) in [5.74, 6) is -0.354. The molecule has 3 N–H and O–H groups in total. The fraction of sp³-hybridized carbons (Fsp3) is 0.429. The zero-order chi connectivity index (χ0) is 9.14. The lowest BCUT2D eigenvalue weighted by Crippen LogP contribution is -2.19. The van der Waals surface area contributed by atoms with Crippen LogP contribution in [-0.4, -0.2) is 21.3 Å². The predicted molar refractivity (Wildman–Crippen MR) is 41.9 cm³/mol. The second-order valence-corrected chi connectivity index (χ2v) is 2.79. The Kier molecular flexibility index (Phi) is 2.44. The van der Waals surface area contributed by atoms with Crippen molar-refractivity contribution in [2.24, 2.45) is 0 Å². The summed E-state index contributed by atoms with van der Waals surface area (Å²) in [5, 5.41) is 14.8. The van der Waals surface area contributed by atoms with Crippen LogP contribution < -0.4 is 5.48 Å². The summed E-state index contributed by atoms with van der Waals surface area (Å²) in [5.41, 5.74) is 2.67. The zero-order valence-corrected chi connectivity index (χ0v) is 6.96. The number of hydrogen-bond donors (Lipinski definition) is 3. The summed E-state index contributed by atoms with van der Waals surface area (Å²) in [6.07, 6.45) is 1.39. The van der Waals surface area contributed by atoms with Crippen LogP contribution in [0.5, 0.6) is 0 Å². The van der Waals surface area contributed by atoms with Gasteiger partial charge in [-0.3, -0.25) is 15.1 Å². The highest BCUT2D eigenvalue weighted by atomic mass is 16.5. The van der Waals surface area contributed by atoms with Gasteiger partial charge in [-0.15, -0.1) is 0 Å². The number of carbonyl (C=O) groups is 1. The molecule has 0 aliphatic carbocycles. The summed E-state index contributed by atoms with van der Waals surface area (Å²) in [7, 11) is 0. The number of aromatic nitrogens is 2. The van der Waals surface area contributed by atoms with E-state index in [1.54, 1.807) is 5.48 Å². The average Bonchev–Trinajstić information content (AvgIpc) is 2.50. The van der Waals surface area contributed by atoms with E-state index in [1.165, 1.54) is 6.20 Å². The highest BCUT2D eigenvalue weighted by Crippen LogP contribution is 2.15. The Morgan fingerprint density at radius 1 is 1.75 bits per heavy atom. The molecule has 0 saturated carbocycles. The van der Waals surface area contributed by atoms with E-state index in [1.807, 2.05) is 13.8 Å². The quantitative estimate of drug-likeness (QED) is 0.449. The molecule has 0 fully saturated rings. The lowest BCUT2D eigenvalue weighted by Gasteiger charge is -2.03. The van der Waals surface area contributed by atoms with Gasteiger partial charge in [0, 0.05) is 0 Å². The zero-order valence-electron chi connectivity index (χ0n) is 6.96. The molecule has 66 valence electrons. The molecule has 0 spiro atoms. The lowest BCUT2D eigenvalue weighted by molar-refractivity contribution is 0.0705. The Labute approximate surface area is 69.7 Å². The highest BCUT2D eigenvalue weighted by Gasteiger charge is 2.14. The number of carbonyl (C=O) groups excluding carboxylic acids is 1. The van der Waals surface area contributed by atoms with Gasteiger partial charge in [-0.2, -0.15) is 5.10 Å². The van der Waals surface area contributed by atoms with Crippen molar-refractivity contribution in [3.8, 4) is 0 Å². The maximum absolute atomic E-state index is 11.0. The van der Waals surface area contributed by atoms with Crippen LogP contribution in [0.2, 0.25) is 0 Å².